The molecule has 3 nitrogen and oxygen atoms in total. The third kappa shape index (κ3) is 5.13. The summed E-state index contributed by atoms with van der Waals surface area (Å²) in [6, 6.07) is 8.90. The van der Waals surface area contributed by atoms with Crippen LogP contribution in [0.3, 0.4) is 0 Å². The number of hydrogen-bond donors (Lipinski definition) is 2. The van der Waals surface area contributed by atoms with Gasteiger partial charge in [-0.15, -0.1) is 0 Å². The van der Waals surface area contributed by atoms with E-state index in [4.69, 9.17) is 0 Å². The first-order valence-corrected chi connectivity index (χ1v) is 8.85. The van der Waals surface area contributed by atoms with Crippen LogP contribution in [0.5, 0.6) is 0 Å². The van der Waals surface area contributed by atoms with Gasteiger partial charge in [0.1, 0.15) is 0 Å². The molecule has 0 atom stereocenters. The lowest BCUT2D eigenvalue weighted by Crippen LogP contribution is -2.28. The summed E-state index contributed by atoms with van der Waals surface area (Å²) >= 11 is 0. The number of hydrogen-bond acceptors (Lipinski definition) is 2. The first-order valence-electron chi connectivity index (χ1n) is 8.85. The second kappa shape index (κ2) is 7.77. The van der Waals surface area contributed by atoms with Crippen molar-refractivity contribution in [2.75, 3.05) is 19.6 Å². The van der Waals surface area contributed by atoms with E-state index < -0.39 is 0 Å². The fraction of sp³-hybridized carbons (Fsp3) is 0.632. The first-order chi connectivity index (χ1) is 10.8. The monoisotopic (exact) mass is 300 g/mol. The third-order valence-electron chi connectivity index (χ3n) is 4.93. The number of amides is 1. The predicted octanol–water partition coefficient (Wildman–Crippen LogP) is 2.69. The quantitative estimate of drug-likeness (QED) is 0.813. The summed E-state index contributed by atoms with van der Waals surface area (Å²) in [5.74, 6) is 1.80. The first kappa shape index (κ1) is 15.5. The molecule has 0 aromatic heterocycles. The van der Waals surface area contributed by atoms with Crippen molar-refractivity contribution in [3.8, 4) is 0 Å². The topological polar surface area (TPSA) is 41.1 Å². The van der Waals surface area contributed by atoms with Gasteiger partial charge < -0.3 is 10.6 Å². The van der Waals surface area contributed by atoms with Crippen molar-refractivity contribution in [3.63, 3.8) is 0 Å². The molecule has 120 valence electrons. The van der Waals surface area contributed by atoms with Gasteiger partial charge >= 0.3 is 0 Å². The van der Waals surface area contributed by atoms with Gasteiger partial charge in [-0.2, -0.15) is 0 Å². The van der Waals surface area contributed by atoms with Crippen LogP contribution in [-0.4, -0.2) is 25.5 Å². The van der Waals surface area contributed by atoms with Crippen molar-refractivity contribution in [2.45, 2.75) is 44.9 Å². The van der Waals surface area contributed by atoms with E-state index in [1.165, 1.54) is 56.3 Å². The van der Waals surface area contributed by atoms with Gasteiger partial charge in [0, 0.05) is 13.0 Å². The van der Waals surface area contributed by atoms with Gasteiger partial charge in [0.25, 0.3) is 0 Å². The maximum absolute atomic E-state index is 11.8. The lowest BCUT2D eigenvalue weighted by atomic mass is 9.90. The molecule has 2 fully saturated rings. The Morgan fingerprint density at radius 3 is 2.36 bits per heavy atom. The van der Waals surface area contributed by atoms with E-state index in [0.29, 0.717) is 6.42 Å². The van der Waals surface area contributed by atoms with Crippen LogP contribution in [0.1, 0.15) is 43.2 Å². The van der Waals surface area contributed by atoms with Crippen molar-refractivity contribution in [3.05, 3.63) is 35.4 Å². The molecular formula is C19H28N2O. The molecule has 1 aliphatic carbocycles. The molecule has 1 saturated carbocycles. The number of benzene rings is 1. The van der Waals surface area contributed by atoms with Crippen molar-refractivity contribution in [1.82, 2.24) is 10.6 Å². The lowest BCUT2D eigenvalue weighted by molar-refractivity contribution is -0.121. The SMILES string of the molecule is O=C(CCc1ccc(CC2CCNCC2)cc1)NCC1CC1. The van der Waals surface area contributed by atoms with Gasteiger partial charge in [-0.05, 0) is 74.6 Å². The standard InChI is InChI=1S/C19H28N2O/c22-19(21-14-18-5-6-18)8-7-15-1-3-16(4-2-15)13-17-9-11-20-12-10-17/h1-4,17-18,20H,5-14H2,(H,21,22). The van der Waals surface area contributed by atoms with E-state index in [9.17, 15) is 4.79 Å². The molecule has 0 bridgehead atoms. The molecule has 1 aromatic rings. The zero-order chi connectivity index (χ0) is 15.2. The molecular weight excluding hydrogens is 272 g/mol. The Bertz CT molecular complexity index is 473. The van der Waals surface area contributed by atoms with Gasteiger partial charge in [-0.1, -0.05) is 24.3 Å². The Morgan fingerprint density at radius 1 is 1.00 bits per heavy atom. The van der Waals surface area contributed by atoms with Crippen LogP contribution < -0.4 is 10.6 Å². The molecule has 3 rings (SSSR count). The highest BCUT2D eigenvalue weighted by molar-refractivity contribution is 5.76. The van der Waals surface area contributed by atoms with Crippen LogP contribution in [0.4, 0.5) is 0 Å². The summed E-state index contributed by atoms with van der Waals surface area (Å²) in [4.78, 5) is 11.8. The summed E-state index contributed by atoms with van der Waals surface area (Å²) in [6.45, 7) is 3.21. The van der Waals surface area contributed by atoms with Crippen LogP contribution in [0.25, 0.3) is 0 Å². The van der Waals surface area contributed by atoms with Crippen molar-refractivity contribution >= 4 is 5.91 Å². The molecule has 2 aliphatic rings. The zero-order valence-corrected chi connectivity index (χ0v) is 13.4. The average molecular weight is 300 g/mol. The van der Waals surface area contributed by atoms with Crippen LogP contribution in [-0.2, 0) is 17.6 Å². The summed E-state index contributed by atoms with van der Waals surface area (Å²) in [5, 5.41) is 6.46. The molecule has 22 heavy (non-hydrogen) atoms. The second-order valence-electron chi connectivity index (χ2n) is 6.96. The van der Waals surface area contributed by atoms with E-state index in [1.54, 1.807) is 0 Å². The molecule has 3 heteroatoms. The second-order valence-corrected chi connectivity index (χ2v) is 6.96. The van der Waals surface area contributed by atoms with E-state index in [1.807, 2.05) is 0 Å². The number of rotatable bonds is 7. The molecule has 1 saturated heterocycles. The maximum Gasteiger partial charge on any atom is 0.220 e. The van der Waals surface area contributed by atoms with E-state index in [0.717, 1.165) is 24.8 Å². The van der Waals surface area contributed by atoms with Crippen molar-refractivity contribution < 1.29 is 4.79 Å². The number of piperidine rings is 1. The Morgan fingerprint density at radius 2 is 1.68 bits per heavy atom. The minimum atomic E-state index is 0.200. The molecule has 0 radical (unpaired) electrons. The van der Waals surface area contributed by atoms with Gasteiger partial charge in [-0.25, -0.2) is 0 Å². The number of nitrogens with one attached hydrogen (secondary N) is 2. The minimum absolute atomic E-state index is 0.200. The highest BCUT2D eigenvalue weighted by Gasteiger charge is 2.21. The van der Waals surface area contributed by atoms with Gasteiger partial charge in [0.2, 0.25) is 5.91 Å². The molecule has 1 aromatic carbocycles. The largest absolute Gasteiger partial charge is 0.356 e. The number of aryl methyl sites for hydroxylation is 1. The Labute approximate surface area is 133 Å². The van der Waals surface area contributed by atoms with Gasteiger partial charge in [-0.3, -0.25) is 4.79 Å². The lowest BCUT2D eigenvalue weighted by Gasteiger charge is -2.22. The van der Waals surface area contributed by atoms with Crippen LogP contribution in [0.2, 0.25) is 0 Å². The fourth-order valence-corrected chi connectivity index (χ4v) is 3.19. The normalized spacial score (nSPS) is 19.1. The van der Waals surface area contributed by atoms with E-state index in [-0.39, 0.29) is 5.91 Å². The Balaban J connectivity index is 1.39. The molecule has 1 heterocycles. The van der Waals surface area contributed by atoms with Gasteiger partial charge in [0.15, 0.2) is 0 Å². The molecule has 2 N–H and O–H groups in total. The van der Waals surface area contributed by atoms with E-state index >= 15 is 0 Å². The summed E-state index contributed by atoms with van der Waals surface area (Å²) in [6.07, 6.45) is 7.83. The summed E-state index contributed by atoms with van der Waals surface area (Å²) < 4.78 is 0. The number of carbonyl (C=O) groups is 1. The third-order valence-corrected chi connectivity index (χ3v) is 4.93. The molecule has 0 unspecified atom stereocenters. The summed E-state index contributed by atoms with van der Waals surface area (Å²) in [7, 11) is 0. The zero-order valence-electron chi connectivity index (χ0n) is 13.4. The number of carbonyl (C=O) groups excluding carboxylic acids is 1. The fourth-order valence-electron chi connectivity index (χ4n) is 3.19. The molecule has 0 spiro atoms. The molecule has 1 aliphatic heterocycles. The highest BCUT2D eigenvalue weighted by Crippen LogP contribution is 2.27. The molecule has 1 amide bonds. The van der Waals surface area contributed by atoms with Crippen molar-refractivity contribution in [1.29, 1.82) is 0 Å². The van der Waals surface area contributed by atoms with Crippen LogP contribution in [0.15, 0.2) is 24.3 Å². The maximum atomic E-state index is 11.8. The van der Waals surface area contributed by atoms with Crippen LogP contribution in [0, 0.1) is 11.8 Å². The average Bonchev–Trinajstić information content (AvgIpc) is 3.38. The Hall–Kier alpha value is -1.35. The Kier molecular flexibility index (Phi) is 5.49. The van der Waals surface area contributed by atoms with E-state index in [2.05, 4.69) is 34.9 Å². The van der Waals surface area contributed by atoms with Crippen molar-refractivity contribution in [2.24, 2.45) is 11.8 Å². The predicted molar refractivity (Wildman–Crippen MR) is 89.8 cm³/mol. The van der Waals surface area contributed by atoms with Gasteiger partial charge in [0.05, 0.1) is 0 Å². The minimum Gasteiger partial charge on any atom is -0.356 e. The summed E-state index contributed by atoms with van der Waals surface area (Å²) in [5.41, 5.74) is 2.71. The smallest absolute Gasteiger partial charge is 0.220 e. The van der Waals surface area contributed by atoms with Crippen LogP contribution >= 0.6 is 0 Å². The highest BCUT2D eigenvalue weighted by atomic mass is 16.1.